The Morgan fingerprint density at radius 3 is 2.85 bits per heavy atom. The largest absolute Gasteiger partial charge is 0.388 e. The quantitative estimate of drug-likeness (QED) is 0.892. The fraction of sp³-hybridized carbons (Fsp3) is 0.467. The molecule has 3 rings (SSSR count). The highest BCUT2D eigenvalue weighted by molar-refractivity contribution is 6.04. The third-order valence-electron chi connectivity index (χ3n) is 4.09. The number of benzene rings is 1. The van der Waals surface area contributed by atoms with Crippen molar-refractivity contribution in [2.24, 2.45) is 7.05 Å². The zero-order chi connectivity index (χ0) is 14.2. The lowest BCUT2D eigenvalue weighted by atomic mass is 10.0. The molecule has 1 heterocycles. The molecule has 1 fully saturated rings. The average Bonchev–Trinajstić information content (AvgIpc) is 3.02. The number of fused-ring (bicyclic) bond motifs is 1. The zero-order valence-corrected chi connectivity index (χ0v) is 11.6. The van der Waals surface area contributed by atoms with Gasteiger partial charge in [0.1, 0.15) is 0 Å². The number of nitrogens with one attached hydrogen (secondary N) is 1. The van der Waals surface area contributed by atoms with Crippen LogP contribution in [0.2, 0.25) is 0 Å². The molecule has 1 saturated carbocycles. The predicted octanol–water partition coefficient (Wildman–Crippen LogP) is 1.61. The minimum atomic E-state index is -0.736. The molecular weight excluding hydrogens is 254 g/mol. The minimum absolute atomic E-state index is 0.220. The molecule has 5 heteroatoms. The molecule has 0 aliphatic heterocycles. The number of aromatic nitrogens is 2. The number of hydrogen-bond donors (Lipinski definition) is 2. The van der Waals surface area contributed by atoms with Gasteiger partial charge in [0.25, 0.3) is 5.91 Å². The van der Waals surface area contributed by atoms with Crippen molar-refractivity contribution in [1.82, 2.24) is 15.1 Å². The Labute approximate surface area is 117 Å². The Morgan fingerprint density at radius 2 is 2.10 bits per heavy atom. The number of rotatable bonds is 3. The number of carbonyl (C=O) groups is 1. The second-order valence-corrected chi connectivity index (χ2v) is 5.60. The van der Waals surface area contributed by atoms with Gasteiger partial charge in [0.2, 0.25) is 0 Å². The van der Waals surface area contributed by atoms with E-state index in [4.69, 9.17) is 0 Å². The summed E-state index contributed by atoms with van der Waals surface area (Å²) < 4.78 is 1.70. The van der Waals surface area contributed by atoms with Crippen LogP contribution in [0, 0.1) is 0 Å². The number of para-hydroxylation sites is 1. The summed E-state index contributed by atoms with van der Waals surface area (Å²) >= 11 is 0. The van der Waals surface area contributed by atoms with Gasteiger partial charge in [-0.3, -0.25) is 9.48 Å². The van der Waals surface area contributed by atoms with Crippen LogP contribution in [0.3, 0.4) is 0 Å². The summed E-state index contributed by atoms with van der Waals surface area (Å²) in [5.41, 5.74) is 0.613. The van der Waals surface area contributed by atoms with E-state index in [9.17, 15) is 9.90 Å². The number of aryl methyl sites for hydroxylation is 1. The van der Waals surface area contributed by atoms with Gasteiger partial charge < -0.3 is 10.4 Å². The first-order chi connectivity index (χ1) is 9.59. The van der Waals surface area contributed by atoms with Gasteiger partial charge in [0.05, 0.1) is 11.1 Å². The fourth-order valence-corrected chi connectivity index (χ4v) is 2.92. The number of amides is 1. The molecule has 1 aromatic carbocycles. The van der Waals surface area contributed by atoms with Crippen LogP contribution in [0.5, 0.6) is 0 Å². The lowest BCUT2D eigenvalue weighted by molar-refractivity contribution is 0.0449. The Balaban J connectivity index is 1.79. The highest BCUT2D eigenvalue weighted by Crippen LogP contribution is 2.28. The van der Waals surface area contributed by atoms with Crippen LogP contribution in [-0.4, -0.2) is 32.9 Å². The van der Waals surface area contributed by atoms with Gasteiger partial charge in [-0.05, 0) is 18.9 Å². The van der Waals surface area contributed by atoms with Crippen molar-refractivity contribution in [2.45, 2.75) is 31.3 Å². The predicted molar refractivity (Wildman–Crippen MR) is 76.5 cm³/mol. The molecule has 5 nitrogen and oxygen atoms in total. The summed E-state index contributed by atoms with van der Waals surface area (Å²) in [4.78, 5) is 12.3. The van der Waals surface area contributed by atoms with Crippen LogP contribution in [0.4, 0.5) is 0 Å². The van der Waals surface area contributed by atoms with Crippen LogP contribution in [0.15, 0.2) is 24.3 Å². The SMILES string of the molecule is Cn1nc(C(=O)NCC2(O)CCCC2)c2ccccc21. The summed E-state index contributed by atoms with van der Waals surface area (Å²) in [6.45, 7) is 0.302. The van der Waals surface area contributed by atoms with E-state index < -0.39 is 5.60 Å². The fourth-order valence-electron chi connectivity index (χ4n) is 2.92. The molecule has 0 radical (unpaired) electrons. The normalized spacial score (nSPS) is 17.5. The van der Waals surface area contributed by atoms with Gasteiger partial charge in [-0.15, -0.1) is 0 Å². The van der Waals surface area contributed by atoms with Crippen LogP contribution in [0.25, 0.3) is 10.9 Å². The summed E-state index contributed by atoms with van der Waals surface area (Å²) in [6, 6.07) is 7.64. The number of carbonyl (C=O) groups excluding carboxylic acids is 1. The smallest absolute Gasteiger partial charge is 0.272 e. The first-order valence-electron chi connectivity index (χ1n) is 7.01. The maximum atomic E-state index is 12.3. The Bertz CT molecular complexity index is 642. The molecule has 1 aromatic heterocycles. The van der Waals surface area contributed by atoms with Gasteiger partial charge in [0, 0.05) is 19.0 Å². The number of hydrogen-bond acceptors (Lipinski definition) is 3. The topological polar surface area (TPSA) is 67.2 Å². The van der Waals surface area contributed by atoms with Crippen molar-refractivity contribution in [1.29, 1.82) is 0 Å². The Morgan fingerprint density at radius 1 is 1.40 bits per heavy atom. The summed E-state index contributed by atoms with van der Waals surface area (Å²) in [5.74, 6) is -0.220. The third kappa shape index (κ3) is 2.29. The lowest BCUT2D eigenvalue weighted by Crippen LogP contribution is -2.40. The first kappa shape index (κ1) is 13.1. The average molecular weight is 273 g/mol. The van der Waals surface area contributed by atoms with Gasteiger partial charge in [-0.2, -0.15) is 5.10 Å². The number of aliphatic hydroxyl groups is 1. The van der Waals surface area contributed by atoms with Crippen LogP contribution in [0.1, 0.15) is 36.2 Å². The van der Waals surface area contributed by atoms with E-state index in [1.165, 1.54) is 0 Å². The van der Waals surface area contributed by atoms with E-state index in [1.54, 1.807) is 4.68 Å². The molecular formula is C15H19N3O2. The molecule has 20 heavy (non-hydrogen) atoms. The molecule has 0 atom stereocenters. The highest BCUT2D eigenvalue weighted by atomic mass is 16.3. The van der Waals surface area contributed by atoms with E-state index in [0.29, 0.717) is 12.2 Å². The van der Waals surface area contributed by atoms with Crippen molar-refractivity contribution >= 4 is 16.8 Å². The third-order valence-corrected chi connectivity index (χ3v) is 4.09. The Hall–Kier alpha value is -1.88. The van der Waals surface area contributed by atoms with E-state index in [0.717, 1.165) is 36.6 Å². The van der Waals surface area contributed by atoms with E-state index >= 15 is 0 Å². The zero-order valence-electron chi connectivity index (χ0n) is 11.6. The van der Waals surface area contributed by atoms with Gasteiger partial charge in [-0.25, -0.2) is 0 Å². The first-order valence-corrected chi connectivity index (χ1v) is 7.01. The van der Waals surface area contributed by atoms with Gasteiger partial charge >= 0.3 is 0 Å². The molecule has 0 unspecified atom stereocenters. The molecule has 1 amide bonds. The molecule has 0 bridgehead atoms. The van der Waals surface area contributed by atoms with Crippen molar-refractivity contribution in [2.75, 3.05) is 6.54 Å². The lowest BCUT2D eigenvalue weighted by Gasteiger charge is -2.21. The summed E-state index contributed by atoms with van der Waals surface area (Å²) in [7, 11) is 1.82. The van der Waals surface area contributed by atoms with Crippen molar-refractivity contribution in [3.05, 3.63) is 30.0 Å². The summed E-state index contributed by atoms with van der Waals surface area (Å²) in [5, 5.41) is 18.2. The van der Waals surface area contributed by atoms with Crippen LogP contribution >= 0.6 is 0 Å². The van der Waals surface area contributed by atoms with Crippen molar-refractivity contribution < 1.29 is 9.90 Å². The van der Waals surface area contributed by atoms with E-state index in [2.05, 4.69) is 10.4 Å². The van der Waals surface area contributed by atoms with Crippen molar-refractivity contribution in [3.63, 3.8) is 0 Å². The maximum Gasteiger partial charge on any atom is 0.272 e. The highest BCUT2D eigenvalue weighted by Gasteiger charge is 2.31. The second kappa shape index (κ2) is 4.90. The van der Waals surface area contributed by atoms with Gasteiger partial charge in [-0.1, -0.05) is 31.0 Å². The molecule has 1 aliphatic carbocycles. The molecule has 0 spiro atoms. The summed E-state index contributed by atoms with van der Waals surface area (Å²) in [6.07, 6.45) is 3.57. The van der Waals surface area contributed by atoms with E-state index in [-0.39, 0.29) is 5.91 Å². The second-order valence-electron chi connectivity index (χ2n) is 5.60. The monoisotopic (exact) mass is 273 g/mol. The number of nitrogens with zero attached hydrogens (tertiary/aromatic N) is 2. The molecule has 0 saturated heterocycles. The van der Waals surface area contributed by atoms with Gasteiger partial charge in [0.15, 0.2) is 5.69 Å². The standard InChI is InChI=1S/C15H19N3O2/c1-18-12-7-3-2-6-11(12)13(17-18)14(19)16-10-15(20)8-4-5-9-15/h2-3,6-7,20H,4-5,8-10H2,1H3,(H,16,19). The molecule has 2 N–H and O–H groups in total. The Kier molecular flexibility index (Phi) is 3.22. The van der Waals surface area contributed by atoms with Crippen LogP contribution in [-0.2, 0) is 7.05 Å². The molecule has 2 aromatic rings. The van der Waals surface area contributed by atoms with Crippen molar-refractivity contribution in [3.8, 4) is 0 Å². The van der Waals surface area contributed by atoms with Crippen LogP contribution < -0.4 is 5.32 Å². The van der Waals surface area contributed by atoms with E-state index in [1.807, 2.05) is 31.3 Å². The molecule has 106 valence electrons. The maximum absolute atomic E-state index is 12.3. The molecule has 1 aliphatic rings. The minimum Gasteiger partial charge on any atom is -0.388 e.